The number of ether oxygens (including phenoxy) is 1. The van der Waals surface area contributed by atoms with Crippen molar-refractivity contribution in [2.24, 2.45) is 18.0 Å². The van der Waals surface area contributed by atoms with Crippen LogP contribution in [0.3, 0.4) is 0 Å². The topological polar surface area (TPSA) is 57.9 Å². The van der Waals surface area contributed by atoms with E-state index in [4.69, 9.17) is 9.73 Å². The van der Waals surface area contributed by atoms with Gasteiger partial charge in [0.2, 0.25) is 0 Å². The highest BCUT2D eigenvalue weighted by Gasteiger charge is 2.26. The molecule has 0 spiro atoms. The summed E-state index contributed by atoms with van der Waals surface area (Å²) in [6, 6.07) is 0.462. The minimum absolute atomic E-state index is 0. The maximum Gasteiger partial charge on any atom is 0.194 e. The SMILES string of the molecule is CCNC(=NCC(C(CC)CC)N(C)C)N1CCOC(c2cnn(C)c2)C1.I. The summed E-state index contributed by atoms with van der Waals surface area (Å²) in [7, 11) is 6.27. The van der Waals surface area contributed by atoms with Gasteiger partial charge >= 0.3 is 0 Å². The maximum absolute atomic E-state index is 5.99. The standard InChI is InChI=1S/C20H38N6O.HI/c1-7-16(8-2)18(24(4)5)13-22-20(21-9-3)26-10-11-27-19(15-26)17-12-23-25(6)14-17;/h12,14,16,18-19H,7-11,13,15H2,1-6H3,(H,21,22);1H. The average Bonchev–Trinajstić information content (AvgIpc) is 3.10. The highest BCUT2D eigenvalue weighted by Crippen LogP contribution is 2.22. The molecule has 1 fully saturated rings. The number of halogens is 1. The van der Waals surface area contributed by atoms with Crippen molar-refractivity contribution < 1.29 is 4.74 Å². The van der Waals surface area contributed by atoms with Crippen LogP contribution < -0.4 is 5.32 Å². The van der Waals surface area contributed by atoms with Gasteiger partial charge in [-0.15, -0.1) is 24.0 Å². The zero-order chi connectivity index (χ0) is 19.8. The summed E-state index contributed by atoms with van der Waals surface area (Å²) >= 11 is 0. The first-order valence-corrected chi connectivity index (χ1v) is 10.3. The molecule has 0 radical (unpaired) electrons. The van der Waals surface area contributed by atoms with Crippen LogP contribution in [0.4, 0.5) is 0 Å². The van der Waals surface area contributed by atoms with Gasteiger partial charge in [-0.3, -0.25) is 9.67 Å². The number of hydrogen-bond donors (Lipinski definition) is 1. The number of nitrogens with one attached hydrogen (secondary N) is 1. The van der Waals surface area contributed by atoms with Crippen LogP contribution in [-0.4, -0.2) is 78.5 Å². The number of hydrogen-bond acceptors (Lipinski definition) is 4. The minimum Gasteiger partial charge on any atom is -0.370 e. The smallest absolute Gasteiger partial charge is 0.194 e. The van der Waals surface area contributed by atoms with Gasteiger partial charge in [-0.05, 0) is 26.9 Å². The van der Waals surface area contributed by atoms with Gasteiger partial charge in [0.25, 0.3) is 0 Å². The summed E-state index contributed by atoms with van der Waals surface area (Å²) in [5.41, 5.74) is 1.13. The summed E-state index contributed by atoms with van der Waals surface area (Å²) in [4.78, 5) is 9.67. The van der Waals surface area contributed by atoms with E-state index in [0.29, 0.717) is 18.6 Å². The lowest BCUT2D eigenvalue weighted by Crippen LogP contribution is -2.49. The molecule has 2 atom stereocenters. The Morgan fingerprint density at radius 2 is 2.07 bits per heavy atom. The van der Waals surface area contributed by atoms with Crippen LogP contribution in [-0.2, 0) is 11.8 Å². The molecule has 2 rings (SSSR count). The molecule has 1 aromatic rings. The van der Waals surface area contributed by atoms with Gasteiger partial charge in [-0.1, -0.05) is 26.7 Å². The monoisotopic (exact) mass is 506 g/mol. The number of aryl methyl sites for hydroxylation is 1. The van der Waals surface area contributed by atoms with Crippen LogP contribution >= 0.6 is 24.0 Å². The molecule has 1 aromatic heterocycles. The van der Waals surface area contributed by atoms with Crippen molar-refractivity contribution >= 4 is 29.9 Å². The number of morpholine rings is 1. The molecule has 28 heavy (non-hydrogen) atoms. The third-order valence-corrected chi connectivity index (χ3v) is 5.48. The zero-order valence-electron chi connectivity index (χ0n) is 18.4. The number of nitrogens with zero attached hydrogens (tertiary/aromatic N) is 5. The van der Waals surface area contributed by atoms with Gasteiger partial charge < -0.3 is 19.9 Å². The lowest BCUT2D eigenvalue weighted by Gasteiger charge is -2.35. The average molecular weight is 506 g/mol. The van der Waals surface area contributed by atoms with Gasteiger partial charge in [0, 0.05) is 37.9 Å². The van der Waals surface area contributed by atoms with Gasteiger partial charge in [-0.2, -0.15) is 5.10 Å². The molecule has 2 heterocycles. The molecule has 162 valence electrons. The lowest BCUT2D eigenvalue weighted by molar-refractivity contribution is -0.00809. The fourth-order valence-electron chi connectivity index (χ4n) is 3.82. The Morgan fingerprint density at radius 1 is 1.36 bits per heavy atom. The third-order valence-electron chi connectivity index (χ3n) is 5.48. The Hall–Kier alpha value is -0.870. The molecule has 0 aliphatic carbocycles. The Bertz CT molecular complexity index is 587. The first kappa shape index (κ1) is 25.2. The van der Waals surface area contributed by atoms with Crippen LogP contribution in [0.25, 0.3) is 0 Å². The van der Waals surface area contributed by atoms with E-state index in [-0.39, 0.29) is 30.1 Å². The molecule has 2 unspecified atom stereocenters. The Kier molecular flexibility index (Phi) is 11.4. The molecule has 0 saturated carbocycles. The molecule has 1 aliphatic rings. The van der Waals surface area contributed by atoms with Gasteiger partial charge in [0.05, 0.1) is 25.9 Å². The number of rotatable bonds is 8. The third kappa shape index (κ3) is 6.88. The molecule has 0 aromatic carbocycles. The van der Waals surface area contributed by atoms with Gasteiger partial charge in [0.1, 0.15) is 6.10 Å². The minimum atomic E-state index is 0. The number of likely N-dealkylation sites (N-methyl/N-ethyl adjacent to an activating group) is 1. The van der Waals surface area contributed by atoms with E-state index in [2.05, 4.69) is 55.1 Å². The molecule has 1 saturated heterocycles. The number of guanidine groups is 1. The summed E-state index contributed by atoms with van der Waals surface area (Å²) in [6.07, 6.45) is 6.35. The lowest BCUT2D eigenvalue weighted by atomic mass is 9.93. The summed E-state index contributed by atoms with van der Waals surface area (Å²) in [5.74, 6) is 1.66. The van der Waals surface area contributed by atoms with Crippen molar-refractivity contribution in [1.29, 1.82) is 0 Å². The van der Waals surface area contributed by atoms with Gasteiger partial charge in [0.15, 0.2) is 5.96 Å². The fraction of sp³-hybridized carbons (Fsp3) is 0.800. The molecular formula is C20H39IN6O. The molecule has 7 nitrogen and oxygen atoms in total. The highest BCUT2D eigenvalue weighted by molar-refractivity contribution is 14.0. The Balaban J connectivity index is 0.00000392. The van der Waals surface area contributed by atoms with Crippen LogP contribution in [0.5, 0.6) is 0 Å². The predicted molar refractivity (Wildman–Crippen MR) is 126 cm³/mol. The van der Waals surface area contributed by atoms with Crippen LogP contribution in [0, 0.1) is 5.92 Å². The maximum atomic E-state index is 5.99. The molecule has 8 heteroatoms. The number of aromatic nitrogens is 2. The van der Waals surface area contributed by atoms with Gasteiger partial charge in [-0.25, -0.2) is 0 Å². The van der Waals surface area contributed by atoms with Crippen molar-refractivity contribution in [3.05, 3.63) is 18.0 Å². The Labute approximate surface area is 187 Å². The largest absolute Gasteiger partial charge is 0.370 e. The molecule has 1 aliphatic heterocycles. The summed E-state index contributed by atoms with van der Waals surface area (Å²) in [5, 5.41) is 7.76. The van der Waals surface area contributed by atoms with E-state index >= 15 is 0 Å². The first-order chi connectivity index (χ1) is 13.0. The summed E-state index contributed by atoms with van der Waals surface area (Å²) in [6.45, 7) is 10.7. The van der Waals surface area contributed by atoms with E-state index in [0.717, 1.165) is 37.7 Å². The van der Waals surface area contributed by atoms with E-state index in [9.17, 15) is 0 Å². The van der Waals surface area contributed by atoms with E-state index < -0.39 is 0 Å². The Morgan fingerprint density at radius 3 is 2.61 bits per heavy atom. The van der Waals surface area contributed by atoms with Crippen molar-refractivity contribution in [3.8, 4) is 0 Å². The van der Waals surface area contributed by atoms with E-state index in [1.54, 1.807) is 0 Å². The molecule has 0 amide bonds. The van der Waals surface area contributed by atoms with Crippen LogP contribution in [0.2, 0.25) is 0 Å². The second kappa shape index (κ2) is 12.6. The zero-order valence-corrected chi connectivity index (χ0v) is 20.7. The van der Waals surface area contributed by atoms with Crippen LogP contribution in [0.15, 0.2) is 17.4 Å². The normalized spacial score (nSPS) is 19.1. The second-order valence-electron chi connectivity index (χ2n) is 7.55. The molecule has 0 bridgehead atoms. The molecule has 1 N–H and O–H groups in total. The molecular weight excluding hydrogens is 467 g/mol. The second-order valence-corrected chi connectivity index (χ2v) is 7.55. The highest BCUT2D eigenvalue weighted by atomic mass is 127. The quantitative estimate of drug-likeness (QED) is 0.334. The predicted octanol–water partition coefficient (Wildman–Crippen LogP) is 2.74. The van der Waals surface area contributed by atoms with Crippen molar-refractivity contribution in [3.63, 3.8) is 0 Å². The van der Waals surface area contributed by atoms with Crippen molar-refractivity contribution in [2.75, 3.05) is 46.9 Å². The number of aliphatic imine (C=N–C) groups is 1. The summed E-state index contributed by atoms with van der Waals surface area (Å²) < 4.78 is 7.81. The van der Waals surface area contributed by atoms with Crippen molar-refractivity contribution in [1.82, 2.24) is 24.9 Å². The fourth-order valence-corrected chi connectivity index (χ4v) is 3.82. The van der Waals surface area contributed by atoms with E-state index in [1.807, 2.05) is 24.1 Å². The van der Waals surface area contributed by atoms with Crippen molar-refractivity contribution in [2.45, 2.75) is 45.8 Å². The van der Waals surface area contributed by atoms with E-state index in [1.165, 1.54) is 12.8 Å². The van der Waals surface area contributed by atoms with Crippen LogP contribution in [0.1, 0.15) is 45.3 Å². The first-order valence-electron chi connectivity index (χ1n) is 10.3.